The summed E-state index contributed by atoms with van der Waals surface area (Å²) in [5.74, 6) is -2.75. The molecule has 0 aliphatic rings. The van der Waals surface area contributed by atoms with Crippen molar-refractivity contribution in [3.8, 4) is 0 Å². The summed E-state index contributed by atoms with van der Waals surface area (Å²) < 4.78 is 13.2. The van der Waals surface area contributed by atoms with Crippen LogP contribution in [-0.4, -0.2) is 28.5 Å². The van der Waals surface area contributed by atoms with Gasteiger partial charge in [-0.3, -0.25) is 19.7 Å². The summed E-state index contributed by atoms with van der Waals surface area (Å²) in [5.41, 5.74) is -1.93. The highest BCUT2D eigenvalue weighted by molar-refractivity contribution is 5.95. The minimum atomic E-state index is -1.16. The topological polar surface area (TPSA) is 110 Å². The Hall–Kier alpha value is -2.51. The number of non-ortho nitro benzene ring substituents is 1. The van der Waals surface area contributed by atoms with Gasteiger partial charge < -0.3 is 10.4 Å². The SMILES string of the molecule is CCC(C)(CNC(=O)c1cc(F)cc([N+](=O)[O-])c1)C(=O)O. The van der Waals surface area contributed by atoms with Crippen molar-refractivity contribution in [1.82, 2.24) is 5.32 Å². The third-order valence-electron chi connectivity index (χ3n) is 3.29. The van der Waals surface area contributed by atoms with Gasteiger partial charge in [-0.25, -0.2) is 4.39 Å². The molecule has 21 heavy (non-hydrogen) atoms. The zero-order valence-electron chi connectivity index (χ0n) is 11.6. The van der Waals surface area contributed by atoms with Gasteiger partial charge in [-0.05, 0) is 19.4 Å². The number of amides is 1. The van der Waals surface area contributed by atoms with Crippen molar-refractivity contribution >= 4 is 17.6 Å². The first kappa shape index (κ1) is 16.5. The van der Waals surface area contributed by atoms with Gasteiger partial charge in [0, 0.05) is 18.2 Å². The maximum Gasteiger partial charge on any atom is 0.311 e. The monoisotopic (exact) mass is 298 g/mol. The molecule has 0 spiro atoms. The standard InChI is InChI=1S/C13H15FN2O5/c1-3-13(2,12(18)19)7-15-11(17)8-4-9(14)6-10(5-8)16(20)21/h4-6H,3,7H2,1-2H3,(H,15,17)(H,18,19). The van der Waals surface area contributed by atoms with Crippen molar-refractivity contribution in [2.75, 3.05) is 6.54 Å². The van der Waals surface area contributed by atoms with Gasteiger partial charge in [-0.15, -0.1) is 0 Å². The predicted molar refractivity (Wildman–Crippen MR) is 71.4 cm³/mol. The lowest BCUT2D eigenvalue weighted by Crippen LogP contribution is -2.40. The fraction of sp³-hybridized carbons (Fsp3) is 0.385. The Kier molecular flexibility index (Phi) is 4.96. The number of hydrogen-bond acceptors (Lipinski definition) is 4. The van der Waals surface area contributed by atoms with Crippen LogP contribution in [0.5, 0.6) is 0 Å². The van der Waals surface area contributed by atoms with E-state index in [2.05, 4.69) is 5.32 Å². The molecule has 1 amide bonds. The van der Waals surface area contributed by atoms with Gasteiger partial charge in [0.25, 0.3) is 11.6 Å². The molecule has 0 aliphatic carbocycles. The molecule has 7 nitrogen and oxygen atoms in total. The Morgan fingerprint density at radius 1 is 1.43 bits per heavy atom. The number of hydrogen-bond donors (Lipinski definition) is 2. The van der Waals surface area contributed by atoms with E-state index in [-0.39, 0.29) is 18.5 Å². The zero-order chi connectivity index (χ0) is 16.2. The quantitative estimate of drug-likeness (QED) is 0.616. The second-order valence-corrected chi connectivity index (χ2v) is 4.86. The van der Waals surface area contributed by atoms with Crippen LogP contribution in [0, 0.1) is 21.3 Å². The van der Waals surface area contributed by atoms with Crippen molar-refractivity contribution in [3.05, 3.63) is 39.7 Å². The summed E-state index contributed by atoms with van der Waals surface area (Å²) in [7, 11) is 0. The summed E-state index contributed by atoms with van der Waals surface area (Å²) in [6, 6.07) is 2.49. The van der Waals surface area contributed by atoms with Gasteiger partial charge in [0.2, 0.25) is 0 Å². The van der Waals surface area contributed by atoms with E-state index in [1.165, 1.54) is 6.92 Å². The highest BCUT2D eigenvalue weighted by Gasteiger charge is 2.31. The van der Waals surface area contributed by atoms with Gasteiger partial charge in [0.05, 0.1) is 16.4 Å². The van der Waals surface area contributed by atoms with E-state index < -0.39 is 33.7 Å². The first-order valence-electron chi connectivity index (χ1n) is 6.16. The highest BCUT2D eigenvalue weighted by Crippen LogP contribution is 2.21. The van der Waals surface area contributed by atoms with E-state index in [0.29, 0.717) is 6.07 Å². The van der Waals surface area contributed by atoms with Crippen molar-refractivity contribution < 1.29 is 24.0 Å². The number of aliphatic carboxylic acids is 1. The maximum atomic E-state index is 13.2. The van der Waals surface area contributed by atoms with Crippen molar-refractivity contribution in [2.45, 2.75) is 20.3 Å². The van der Waals surface area contributed by atoms with Gasteiger partial charge in [-0.2, -0.15) is 0 Å². The Morgan fingerprint density at radius 2 is 2.05 bits per heavy atom. The number of nitrogens with zero attached hydrogens (tertiary/aromatic N) is 1. The van der Waals surface area contributed by atoms with Gasteiger partial charge in [-0.1, -0.05) is 6.92 Å². The molecule has 1 unspecified atom stereocenters. The summed E-state index contributed by atoms with van der Waals surface area (Å²) in [5, 5.41) is 22.0. The molecule has 1 atom stereocenters. The molecular formula is C13H15FN2O5. The average molecular weight is 298 g/mol. The third kappa shape index (κ3) is 3.98. The molecule has 8 heteroatoms. The second-order valence-electron chi connectivity index (χ2n) is 4.86. The fourth-order valence-electron chi connectivity index (χ4n) is 1.54. The number of carboxylic acid groups (broad SMARTS) is 1. The van der Waals surface area contributed by atoms with Crippen LogP contribution in [0.15, 0.2) is 18.2 Å². The number of carboxylic acids is 1. The average Bonchev–Trinajstić information content (AvgIpc) is 2.43. The molecule has 0 radical (unpaired) electrons. The predicted octanol–water partition coefficient (Wildman–Crippen LogP) is 1.96. The Labute approximate surface area is 119 Å². The van der Waals surface area contributed by atoms with Crippen LogP contribution in [0.25, 0.3) is 0 Å². The molecule has 0 heterocycles. The molecule has 0 saturated heterocycles. The van der Waals surface area contributed by atoms with E-state index >= 15 is 0 Å². The third-order valence-corrected chi connectivity index (χ3v) is 3.29. The first-order chi connectivity index (χ1) is 9.69. The largest absolute Gasteiger partial charge is 0.481 e. The van der Waals surface area contributed by atoms with E-state index in [0.717, 1.165) is 12.1 Å². The molecule has 1 aromatic rings. The van der Waals surface area contributed by atoms with Crippen LogP contribution in [-0.2, 0) is 4.79 Å². The van der Waals surface area contributed by atoms with E-state index in [1.54, 1.807) is 6.92 Å². The molecule has 0 aromatic heterocycles. The molecular weight excluding hydrogens is 283 g/mol. The van der Waals surface area contributed by atoms with Crippen LogP contribution in [0.2, 0.25) is 0 Å². The molecule has 114 valence electrons. The molecule has 0 saturated carbocycles. The Balaban J connectivity index is 2.90. The first-order valence-corrected chi connectivity index (χ1v) is 6.16. The number of nitro groups is 1. The van der Waals surface area contributed by atoms with Crippen LogP contribution in [0.4, 0.5) is 10.1 Å². The summed E-state index contributed by atoms with van der Waals surface area (Å²) >= 11 is 0. The number of carbonyl (C=O) groups is 2. The molecule has 0 bridgehead atoms. The minimum Gasteiger partial charge on any atom is -0.481 e. The number of halogens is 1. The number of rotatable bonds is 6. The van der Waals surface area contributed by atoms with Crippen molar-refractivity contribution in [1.29, 1.82) is 0 Å². The van der Waals surface area contributed by atoms with Gasteiger partial charge in [0.15, 0.2) is 0 Å². The van der Waals surface area contributed by atoms with Crippen LogP contribution in [0.3, 0.4) is 0 Å². The molecule has 1 aromatic carbocycles. The van der Waals surface area contributed by atoms with Crippen molar-refractivity contribution in [2.24, 2.45) is 5.41 Å². The smallest absolute Gasteiger partial charge is 0.311 e. The normalized spacial score (nSPS) is 13.3. The highest BCUT2D eigenvalue weighted by atomic mass is 19.1. The molecule has 0 fully saturated rings. The Morgan fingerprint density at radius 3 is 2.52 bits per heavy atom. The fourth-order valence-corrected chi connectivity index (χ4v) is 1.54. The molecule has 2 N–H and O–H groups in total. The van der Waals surface area contributed by atoms with Crippen LogP contribution < -0.4 is 5.32 Å². The van der Waals surface area contributed by atoms with E-state index in [1.807, 2.05) is 0 Å². The zero-order valence-corrected chi connectivity index (χ0v) is 11.6. The Bertz CT molecular complexity index is 590. The lowest BCUT2D eigenvalue weighted by molar-refractivity contribution is -0.385. The van der Waals surface area contributed by atoms with E-state index in [9.17, 15) is 24.1 Å². The van der Waals surface area contributed by atoms with Crippen LogP contribution in [0.1, 0.15) is 30.6 Å². The molecule has 0 aliphatic heterocycles. The van der Waals surface area contributed by atoms with Gasteiger partial charge in [0.1, 0.15) is 5.82 Å². The van der Waals surface area contributed by atoms with Gasteiger partial charge >= 0.3 is 5.97 Å². The van der Waals surface area contributed by atoms with E-state index in [4.69, 9.17) is 5.11 Å². The second kappa shape index (κ2) is 6.29. The van der Waals surface area contributed by atoms with Crippen molar-refractivity contribution in [3.63, 3.8) is 0 Å². The molecule has 1 rings (SSSR count). The minimum absolute atomic E-state index is 0.165. The van der Waals surface area contributed by atoms with Crippen LogP contribution >= 0.6 is 0 Å². The maximum absolute atomic E-state index is 13.2. The lowest BCUT2D eigenvalue weighted by Gasteiger charge is -2.23. The summed E-state index contributed by atoms with van der Waals surface area (Å²) in [6.45, 7) is 2.96. The lowest BCUT2D eigenvalue weighted by atomic mass is 9.87. The summed E-state index contributed by atoms with van der Waals surface area (Å²) in [4.78, 5) is 32.8. The number of carbonyl (C=O) groups excluding carboxylic acids is 1. The summed E-state index contributed by atoms with van der Waals surface area (Å²) in [6.07, 6.45) is 0.284. The number of nitro benzene ring substituents is 1. The number of nitrogens with one attached hydrogen (secondary N) is 1. The number of benzene rings is 1.